The molecule has 4 atom stereocenters. The van der Waals surface area contributed by atoms with Crippen LogP contribution in [0.3, 0.4) is 0 Å². The predicted octanol–water partition coefficient (Wildman–Crippen LogP) is 1.85. The summed E-state index contributed by atoms with van der Waals surface area (Å²) in [6.45, 7) is 0.514. The lowest BCUT2D eigenvalue weighted by Gasteiger charge is -2.21. The van der Waals surface area contributed by atoms with Crippen molar-refractivity contribution in [3.05, 3.63) is 36.0 Å². The van der Waals surface area contributed by atoms with Crippen LogP contribution >= 0.6 is 0 Å². The minimum atomic E-state index is -2.68. The van der Waals surface area contributed by atoms with E-state index in [2.05, 4.69) is 21.7 Å². The van der Waals surface area contributed by atoms with Gasteiger partial charge < -0.3 is 15.5 Å². The van der Waals surface area contributed by atoms with E-state index in [1.165, 1.54) is 0 Å². The van der Waals surface area contributed by atoms with Crippen LogP contribution in [0.4, 0.5) is 18.9 Å². The van der Waals surface area contributed by atoms with Crippen LogP contribution in [0.1, 0.15) is 5.56 Å². The van der Waals surface area contributed by atoms with Crippen molar-refractivity contribution in [3.8, 4) is 6.07 Å². The Morgan fingerprint density at radius 2 is 2.14 bits per heavy atom. The van der Waals surface area contributed by atoms with Gasteiger partial charge in [0.25, 0.3) is 0 Å². The highest BCUT2D eigenvalue weighted by molar-refractivity contribution is 5.95. The van der Waals surface area contributed by atoms with Crippen molar-refractivity contribution >= 4 is 22.5 Å². The van der Waals surface area contributed by atoms with Crippen molar-refractivity contribution in [2.24, 2.45) is 11.8 Å². The average molecular weight is 403 g/mol. The van der Waals surface area contributed by atoms with Gasteiger partial charge in [-0.25, -0.2) is 13.2 Å². The second-order valence-corrected chi connectivity index (χ2v) is 7.44. The number of anilines is 1. The van der Waals surface area contributed by atoms with Gasteiger partial charge in [-0.05, 0) is 24.3 Å². The Kier molecular flexibility index (Phi) is 5.28. The molecule has 1 aromatic heterocycles. The molecule has 0 bridgehead atoms. The molecular weight excluding hydrogens is 383 g/mol. The number of benzene rings is 1. The number of hydrogen-bond acceptors (Lipinski definition) is 5. The number of nitriles is 1. The largest absolute Gasteiger partial charge is 0.370 e. The smallest absolute Gasteiger partial charge is 0.243 e. The topological polar surface area (TPSA) is 81.0 Å². The number of pyridine rings is 1. The number of rotatable bonds is 4. The summed E-state index contributed by atoms with van der Waals surface area (Å²) >= 11 is 0. The normalized spacial score (nSPS) is 26.8. The summed E-state index contributed by atoms with van der Waals surface area (Å²) in [4.78, 5) is 18.7. The Hall–Kier alpha value is -2.86. The number of nitrogens with zero attached hydrogens (tertiary/aromatic N) is 3. The fourth-order valence-electron chi connectivity index (χ4n) is 4.16. The summed E-state index contributed by atoms with van der Waals surface area (Å²) in [7, 11) is 0. The molecule has 2 aliphatic rings. The Bertz CT molecular complexity index is 963. The van der Waals surface area contributed by atoms with Crippen LogP contribution in [-0.4, -0.2) is 55.7 Å². The lowest BCUT2D eigenvalue weighted by atomic mass is 9.95. The molecule has 0 spiro atoms. The number of alkyl halides is 3. The number of carbonyl (C=O) groups is 1. The number of nitrogens with one attached hydrogen (secondary N) is 2. The van der Waals surface area contributed by atoms with Crippen LogP contribution in [0.25, 0.3) is 10.9 Å². The van der Waals surface area contributed by atoms with Crippen molar-refractivity contribution < 1.29 is 18.0 Å². The van der Waals surface area contributed by atoms with E-state index in [-0.39, 0.29) is 26.2 Å². The maximum absolute atomic E-state index is 13.8. The summed E-state index contributed by atoms with van der Waals surface area (Å²) in [6.07, 6.45) is -2.34. The van der Waals surface area contributed by atoms with E-state index in [1.54, 1.807) is 35.4 Å². The molecule has 1 amide bonds. The molecule has 0 aliphatic carbocycles. The number of amides is 1. The number of carbonyl (C=O) groups excluding carboxylic acids is 1. The zero-order chi connectivity index (χ0) is 20.5. The predicted molar refractivity (Wildman–Crippen MR) is 101 cm³/mol. The van der Waals surface area contributed by atoms with Gasteiger partial charge in [-0.15, -0.1) is 0 Å². The fourth-order valence-corrected chi connectivity index (χ4v) is 4.16. The number of halogens is 3. The van der Waals surface area contributed by atoms with Gasteiger partial charge in [0.1, 0.15) is 12.2 Å². The molecular formula is C20H20F3N5O. The van der Waals surface area contributed by atoms with E-state index in [9.17, 15) is 23.2 Å². The molecule has 29 heavy (non-hydrogen) atoms. The molecule has 4 rings (SSSR count). The van der Waals surface area contributed by atoms with Gasteiger partial charge in [0.05, 0.1) is 29.0 Å². The van der Waals surface area contributed by atoms with Crippen LogP contribution in [0.15, 0.2) is 30.5 Å². The van der Waals surface area contributed by atoms with Crippen molar-refractivity contribution in [2.75, 3.05) is 31.1 Å². The number of aromatic nitrogens is 1. The molecule has 2 aliphatic heterocycles. The van der Waals surface area contributed by atoms with E-state index in [0.29, 0.717) is 22.2 Å². The Labute approximate surface area is 165 Å². The SMILES string of the molecule is N#Cc1ccc(N2CC(C(=O)N[C@H]3CNC[C@@H]3F)C(C(F)F)C2)c2cccnc12. The van der Waals surface area contributed by atoms with Gasteiger partial charge in [-0.1, -0.05) is 0 Å². The highest BCUT2D eigenvalue weighted by atomic mass is 19.3. The molecule has 0 radical (unpaired) electrons. The van der Waals surface area contributed by atoms with Crippen LogP contribution in [-0.2, 0) is 4.79 Å². The third-order valence-electron chi connectivity index (χ3n) is 5.70. The van der Waals surface area contributed by atoms with Crippen molar-refractivity contribution in [1.82, 2.24) is 15.6 Å². The third-order valence-corrected chi connectivity index (χ3v) is 5.70. The van der Waals surface area contributed by atoms with Crippen LogP contribution in [0.5, 0.6) is 0 Å². The Balaban J connectivity index is 1.61. The van der Waals surface area contributed by atoms with Gasteiger partial charge in [-0.3, -0.25) is 9.78 Å². The molecule has 3 heterocycles. The molecule has 0 saturated carbocycles. The maximum Gasteiger partial charge on any atom is 0.243 e. The summed E-state index contributed by atoms with van der Waals surface area (Å²) < 4.78 is 41.2. The molecule has 2 N–H and O–H groups in total. The molecule has 2 fully saturated rings. The summed E-state index contributed by atoms with van der Waals surface area (Å²) in [5, 5.41) is 15.4. The van der Waals surface area contributed by atoms with Crippen LogP contribution < -0.4 is 15.5 Å². The van der Waals surface area contributed by atoms with E-state index in [1.807, 2.05) is 0 Å². The maximum atomic E-state index is 13.8. The summed E-state index contributed by atoms with van der Waals surface area (Å²) in [5.74, 6) is -2.67. The van der Waals surface area contributed by atoms with Gasteiger partial charge in [0, 0.05) is 43.4 Å². The van der Waals surface area contributed by atoms with Crippen molar-refractivity contribution in [3.63, 3.8) is 0 Å². The minimum Gasteiger partial charge on any atom is -0.370 e. The molecule has 2 saturated heterocycles. The number of fused-ring (bicyclic) bond motifs is 1. The molecule has 6 nitrogen and oxygen atoms in total. The second-order valence-electron chi connectivity index (χ2n) is 7.44. The van der Waals surface area contributed by atoms with Gasteiger partial charge in [-0.2, -0.15) is 5.26 Å². The van der Waals surface area contributed by atoms with Crippen molar-refractivity contribution in [1.29, 1.82) is 5.26 Å². The molecule has 2 aromatic rings. The first-order valence-corrected chi connectivity index (χ1v) is 9.45. The first kappa shape index (κ1) is 19.5. The first-order chi connectivity index (χ1) is 14.0. The van der Waals surface area contributed by atoms with Crippen LogP contribution in [0, 0.1) is 23.2 Å². The monoisotopic (exact) mass is 403 g/mol. The average Bonchev–Trinajstić information content (AvgIpc) is 3.34. The summed E-state index contributed by atoms with van der Waals surface area (Å²) in [6, 6.07) is 8.18. The van der Waals surface area contributed by atoms with E-state index < -0.39 is 36.4 Å². The zero-order valence-electron chi connectivity index (χ0n) is 15.5. The Morgan fingerprint density at radius 1 is 1.31 bits per heavy atom. The van der Waals surface area contributed by atoms with Crippen LogP contribution in [0.2, 0.25) is 0 Å². The number of hydrogen-bond donors (Lipinski definition) is 2. The molecule has 1 aromatic carbocycles. The van der Waals surface area contributed by atoms with E-state index in [0.717, 1.165) is 0 Å². The van der Waals surface area contributed by atoms with Gasteiger partial charge in [0.15, 0.2) is 0 Å². The minimum absolute atomic E-state index is 0.00633. The van der Waals surface area contributed by atoms with E-state index in [4.69, 9.17) is 0 Å². The lowest BCUT2D eigenvalue weighted by molar-refractivity contribution is -0.128. The van der Waals surface area contributed by atoms with E-state index >= 15 is 0 Å². The quantitative estimate of drug-likeness (QED) is 0.815. The lowest BCUT2D eigenvalue weighted by Crippen LogP contribution is -2.46. The molecule has 152 valence electrons. The fraction of sp³-hybridized carbons (Fsp3) is 0.450. The highest BCUT2D eigenvalue weighted by Gasteiger charge is 2.44. The first-order valence-electron chi connectivity index (χ1n) is 9.45. The van der Waals surface area contributed by atoms with Gasteiger partial charge >= 0.3 is 0 Å². The highest BCUT2D eigenvalue weighted by Crippen LogP contribution is 2.36. The summed E-state index contributed by atoms with van der Waals surface area (Å²) in [5.41, 5.74) is 1.54. The van der Waals surface area contributed by atoms with Gasteiger partial charge in [0.2, 0.25) is 12.3 Å². The standard InChI is InChI=1S/C20H20F3N5O/c21-15-7-25-8-16(15)27-20(29)14-10-28(9-13(14)19(22)23)17-4-3-11(6-24)18-12(17)2-1-5-26-18/h1-5,13-16,19,25H,7-10H2,(H,27,29)/t13?,14?,15-,16-/m0/s1. The molecule has 2 unspecified atom stereocenters. The van der Waals surface area contributed by atoms with Crippen molar-refractivity contribution in [2.45, 2.75) is 18.6 Å². The third kappa shape index (κ3) is 3.60. The Morgan fingerprint density at radius 3 is 2.83 bits per heavy atom. The zero-order valence-corrected chi connectivity index (χ0v) is 15.5. The second kappa shape index (κ2) is 7.87. The molecule has 9 heteroatoms.